The van der Waals surface area contributed by atoms with Crippen molar-refractivity contribution in [3.63, 3.8) is 0 Å². The lowest BCUT2D eigenvalue weighted by molar-refractivity contribution is -0.137. The number of hydrogen-bond donors (Lipinski definition) is 1. The first-order chi connectivity index (χ1) is 15.5. The van der Waals surface area contributed by atoms with E-state index in [0.29, 0.717) is 39.3 Å². The van der Waals surface area contributed by atoms with E-state index in [1.54, 1.807) is 18.6 Å². The van der Waals surface area contributed by atoms with Gasteiger partial charge in [-0.25, -0.2) is 4.98 Å². The van der Waals surface area contributed by atoms with Crippen molar-refractivity contribution >= 4 is 23.3 Å². The number of carbonyl (C=O) groups is 2. The Morgan fingerprint density at radius 2 is 1.81 bits per heavy atom. The molecule has 8 heteroatoms. The van der Waals surface area contributed by atoms with Crippen molar-refractivity contribution in [3.05, 3.63) is 47.9 Å². The minimum absolute atomic E-state index is 0.00549. The molecule has 1 aromatic carbocycles. The van der Waals surface area contributed by atoms with Crippen LogP contribution in [0.15, 0.2) is 36.8 Å². The summed E-state index contributed by atoms with van der Waals surface area (Å²) in [5, 5.41) is 3.05. The molecular weight excluding hydrogens is 404 g/mol. The molecule has 4 rings (SSSR count). The van der Waals surface area contributed by atoms with Gasteiger partial charge in [0, 0.05) is 57.3 Å². The number of aryl methyl sites for hydroxylation is 2. The molecule has 3 heterocycles. The van der Waals surface area contributed by atoms with E-state index >= 15 is 0 Å². The van der Waals surface area contributed by atoms with E-state index in [4.69, 9.17) is 0 Å². The minimum Gasteiger partial charge on any atom is -0.355 e. The van der Waals surface area contributed by atoms with Crippen LogP contribution in [0.1, 0.15) is 24.0 Å². The Labute approximate surface area is 189 Å². The molecule has 2 aliphatic heterocycles. The smallest absolute Gasteiger partial charge is 0.238 e. The average molecular weight is 437 g/mol. The van der Waals surface area contributed by atoms with Crippen molar-refractivity contribution in [3.8, 4) is 0 Å². The molecule has 2 saturated heterocycles. The number of piperazine rings is 1. The maximum atomic E-state index is 13.1. The molecule has 0 bridgehead atoms. The van der Waals surface area contributed by atoms with Crippen LogP contribution in [-0.4, -0.2) is 77.4 Å². The highest BCUT2D eigenvalue weighted by molar-refractivity contribution is 5.93. The number of benzene rings is 1. The van der Waals surface area contributed by atoms with Gasteiger partial charge in [-0.2, -0.15) is 0 Å². The Morgan fingerprint density at radius 1 is 1.06 bits per heavy atom. The SMILES string of the molecule is Cc1cccc(C)c1NC(=O)CN1CCN(C(=O)C2CCCN(c3cnccn3)C2)CC1. The molecule has 2 fully saturated rings. The molecule has 0 saturated carbocycles. The first-order valence-corrected chi connectivity index (χ1v) is 11.4. The van der Waals surface area contributed by atoms with Crippen LogP contribution in [0.4, 0.5) is 11.5 Å². The standard InChI is InChI=1S/C24H32N6O2/c1-18-5-3-6-19(2)23(18)27-22(31)17-28-11-13-29(14-12-28)24(32)20-7-4-10-30(16-20)21-15-25-8-9-26-21/h3,5-6,8-9,15,20H,4,7,10-14,16-17H2,1-2H3,(H,27,31). The molecule has 1 unspecified atom stereocenters. The second-order valence-corrected chi connectivity index (χ2v) is 8.77. The number of piperidine rings is 1. The first-order valence-electron chi connectivity index (χ1n) is 11.4. The average Bonchev–Trinajstić information content (AvgIpc) is 2.82. The van der Waals surface area contributed by atoms with E-state index in [1.165, 1.54) is 0 Å². The summed E-state index contributed by atoms with van der Waals surface area (Å²) in [5.41, 5.74) is 3.03. The Bertz CT molecular complexity index is 923. The van der Waals surface area contributed by atoms with Gasteiger partial charge in [-0.3, -0.25) is 19.5 Å². The van der Waals surface area contributed by atoms with Gasteiger partial charge in [0.05, 0.1) is 18.7 Å². The summed E-state index contributed by atoms with van der Waals surface area (Å²) in [5.74, 6) is 1.04. The largest absolute Gasteiger partial charge is 0.355 e. The highest BCUT2D eigenvalue weighted by Gasteiger charge is 2.31. The molecule has 0 aliphatic carbocycles. The van der Waals surface area contributed by atoms with Crippen molar-refractivity contribution in [1.29, 1.82) is 0 Å². The third-order valence-corrected chi connectivity index (χ3v) is 6.44. The van der Waals surface area contributed by atoms with Crippen molar-refractivity contribution < 1.29 is 9.59 Å². The van der Waals surface area contributed by atoms with Crippen LogP contribution in [0, 0.1) is 19.8 Å². The molecule has 1 aromatic heterocycles. The first kappa shape index (κ1) is 22.2. The quantitative estimate of drug-likeness (QED) is 0.773. The van der Waals surface area contributed by atoms with E-state index in [9.17, 15) is 9.59 Å². The molecule has 1 N–H and O–H groups in total. The Hall–Kier alpha value is -3.00. The van der Waals surface area contributed by atoms with Gasteiger partial charge < -0.3 is 15.1 Å². The highest BCUT2D eigenvalue weighted by atomic mass is 16.2. The summed E-state index contributed by atoms with van der Waals surface area (Å²) in [6.45, 7) is 8.71. The summed E-state index contributed by atoms with van der Waals surface area (Å²) < 4.78 is 0. The van der Waals surface area contributed by atoms with Gasteiger partial charge in [0.25, 0.3) is 0 Å². The third kappa shape index (κ3) is 5.24. The van der Waals surface area contributed by atoms with E-state index in [2.05, 4.69) is 25.1 Å². The molecule has 8 nitrogen and oxygen atoms in total. The fourth-order valence-corrected chi connectivity index (χ4v) is 4.62. The Morgan fingerprint density at radius 3 is 2.50 bits per heavy atom. The maximum Gasteiger partial charge on any atom is 0.238 e. The number of carbonyl (C=O) groups excluding carboxylic acids is 2. The van der Waals surface area contributed by atoms with Crippen LogP contribution in [-0.2, 0) is 9.59 Å². The van der Waals surface area contributed by atoms with Crippen LogP contribution in [0.3, 0.4) is 0 Å². The lowest BCUT2D eigenvalue weighted by atomic mass is 9.96. The van der Waals surface area contributed by atoms with Crippen LogP contribution in [0.2, 0.25) is 0 Å². The number of nitrogens with zero attached hydrogens (tertiary/aromatic N) is 5. The zero-order valence-electron chi connectivity index (χ0n) is 19.0. The number of anilines is 2. The lowest BCUT2D eigenvalue weighted by Crippen LogP contribution is -2.53. The van der Waals surface area contributed by atoms with Gasteiger partial charge in [0.2, 0.25) is 11.8 Å². The summed E-state index contributed by atoms with van der Waals surface area (Å²) >= 11 is 0. The number of hydrogen-bond acceptors (Lipinski definition) is 6. The van der Waals surface area contributed by atoms with Crippen molar-refractivity contribution in [2.75, 3.05) is 56.0 Å². The molecule has 170 valence electrons. The summed E-state index contributed by atoms with van der Waals surface area (Å²) in [7, 11) is 0. The van der Waals surface area contributed by atoms with Crippen LogP contribution in [0.5, 0.6) is 0 Å². The number of aromatic nitrogens is 2. The number of para-hydroxylation sites is 1. The van der Waals surface area contributed by atoms with Crippen LogP contribution in [0.25, 0.3) is 0 Å². The highest BCUT2D eigenvalue weighted by Crippen LogP contribution is 2.23. The van der Waals surface area contributed by atoms with Gasteiger partial charge in [0.15, 0.2) is 0 Å². The van der Waals surface area contributed by atoms with E-state index in [-0.39, 0.29) is 17.7 Å². The summed E-state index contributed by atoms with van der Waals surface area (Å²) in [4.78, 5) is 40.5. The second kappa shape index (κ2) is 10.1. The predicted octanol–water partition coefficient (Wildman–Crippen LogP) is 2.09. The monoisotopic (exact) mass is 436 g/mol. The van der Waals surface area contributed by atoms with Gasteiger partial charge in [-0.15, -0.1) is 0 Å². The summed E-state index contributed by atoms with van der Waals surface area (Å²) in [6, 6.07) is 6.00. The van der Waals surface area contributed by atoms with Gasteiger partial charge >= 0.3 is 0 Å². The van der Waals surface area contributed by atoms with Gasteiger partial charge in [0.1, 0.15) is 5.82 Å². The van der Waals surface area contributed by atoms with Crippen molar-refractivity contribution in [2.24, 2.45) is 5.92 Å². The molecule has 0 spiro atoms. The Kier molecular flexibility index (Phi) is 6.99. The molecule has 2 aromatic rings. The van der Waals surface area contributed by atoms with Crippen LogP contribution < -0.4 is 10.2 Å². The van der Waals surface area contributed by atoms with Crippen molar-refractivity contribution in [2.45, 2.75) is 26.7 Å². The number of amides is 2. The molecule has 2 aliphatic rings. The molecule has 1 atom stereocenters. The maximum absolute atomic E-state index is 13.1. The zero-order valence-corrected chi connectivity index (χ0v) is 19.0. The minimum atomic E-state index is -0.00960. The predicted molar refractivity (Wildman–Crippen MR) is 125 cm³/mol. The molecule has 32 heavy (non-hydrogen) atoms. The third-order valence-electron chi connectivity index (χ3n) is 6.44. The fraction of sp³-hybridized carbons (Fsp3) is 0.500. The van der Waals surface area contributed by atoms with E-state index < -0.39 is 0 Å². The molecule has 2 amide bonds. The van der Waals surface area contributed by atoms with E-state index in [1.807, 2.05) is 36.9 Å². The fourth-order valence-electron chi connectivity index (χ4n) is 4.62. The topological polar surface area (TPSA) is 81.7 Å². The Balaban J connectivity index is 1.26. The molecule has 0 radical (unpaired) electrons. The normalized spacial score (nSPS) is 19.6. The van der Waals surface area contributed by atoms with E-state index in [0.717, 1.165) is 42.0 Å². The lowest BCUT2D eigenvalue weighted by Gasteiger charge is -2.39. The van der Waals surface area contributed by atoms with Gasteiger partial charge in [-0.1, -0.05) is 18.2 Å². The number of rotatable bonds is 5. The zero-order chi connectivity index (χ0) is 22.5. The molecular formula is C24H32N6O2. The summed E-state index contributed by atoms with van der Waals surface area (Å²) in [6.07, 6.45) is 7.00. The van der Waals surface area contributed by atoms with Crippen molar-refractivity contribution in [1.82, 2.24) is 19.8 Å². The number of nitrogens with one attached hydrogen (secondary N) is 1. The van der Waals surface area contributed by atoms with Gasteiger partial charge in [-0.05, 0) is 37.8 Å². The second-order valence-electron chi connectivity index (χ2n) is 8.77. The van der Waals surface area contributed by atoms with Crippen LogP contribution >= 0.6 is 0 Å².